The number of hydrogen-bond donors (Lipinski definition) is 0. The monoisotopic (exact) mass is 340 g/mol. The summed E-state index contributed by atoms with van der Waals surface area (Å²) in [5.74, 6) is 0. The van der Waals surface area contributed by atoms with Crippen molar-refractivity contribution in [3.63, 3.8) is 0 Å². The topological polar surface area (TPSA) is 27.7 Å². The van der Waals surface area contributed by atoms with Crippen LogP contribution in [0.4, 0.5) is 0 Å². The first-order valence-electron chi connectivity index (χ1n) is 7.16. The summed E-state index contributed by atoms with van der Waals surface area (Å²) >= 11 is 3.59. The zero-order valence-electron chi connectivity index (χ0n) is 12.3. The van der Waals surface area contributed by atoms with Crippen LogP contribution in [0.5, 0.6) is 0 Å². The van der Waals surface area contributed by atoms with Gasteiger partial charge in [-0.3, -0.25) is 0 Å². The van der Waals surface area contributed by atoms with Gasteiger partial charge < -0.3 is 13.3 Å². The molecule has 0 rings (SSSR count). The Kier molecular flexibility index (Phi) is 11.8. The summed E-state index contributed by atoms with van der Waals surface area (Å²) in [5.41, 5.74) is 0. The molecule has 5 heteroatoms. The Labute approximate surface area is 122 Å². The van der Waals surface area contributed by atoms with Gasteiger partial charge in [-0.25, -0.2) is 0 Å². The summed E-state index contributed by atoms with van der Waals surface area (Å²) < 4.78 is 18.0. The van der Waals surface area contributed by atoms with Gasteiger partial charge in [0.2, 0.25) is 0 Å². The molecule has 18 heavy (non-hydrogen) atoms. The molecule has 0 aromatic rings. The lowest BCUT2D eigenvalue weighted by molar-refractivity contribution is 0.0588. The number of halogens is 1. The van der Waals surface area contributed by atoms with Gasteiger partial charge in [0.15, 0.2) is 0 Å². The minimum Gasteiger partial charge on any atom is -0.373 e. The SMILES string of the molecule is CCCO[Si](CCC(C)Br)(OCCC)OCCC. The average molecular weight is 341 g/mol. The van der Waals surface area contributed by atoms with Crippen LogP contribution in [0.2, 0.25) is 6.04 Å². The van der Waals surface area contributed by atoms with Crippen LogP contribution in [-0.4, -0.2) is 33.5 Å². The fourth-order valence-corrected chi connectivity index (χ4v) is 5.16. The highest BCUT2D eigenvalue weighted by Gasteiger charge is 2.40. The van der Waals surface area contributed by atoms with Crippen LogP contribution < -0.4 is 0 Å². The molecule has 0 aliphatic carbocycles. The summed E-state index contributed by atoms with van der Waals surface area (Å²) in [6.45, 7) is 10.7. The summed E-state index contributed by atoms with van der Waals surface area (Å²) in [7, 11) is -2.45. The first-order valence-corrected chi connectivity index (χ1v) is 10.0. The lowest BCUT2D eigenvalue weighted by Gasteiger charge is -2.30. The van der Waals surface area contributed by atoms with Crippen molar-refractivity contribution in [1.82, 2.24) is 0 Å². The Morgan fingerprint density at radius 3 is 1.56 bits per heavy atom. The molecule has 0 N–H and O–H groups in total. The van der Waals surface area contributed by atoms with E-state index in [1.807, 2.05) is 0 Å². The number of hydrogen-bond acceptors (Lipinski definition) is 3. The zero-order chi connectivity index (χ0) is 13.9. The van der Waals surface area contributed by atoms with Gasteiger partial charge in [-0.1, -0.05) is 43.6 Å². The van der Waals surface area contributed by atoms with E-state index in [0.29, 0.717) is 4.83 Å². The van der Waals surface area contributed by atoms with Crippen LogP contribution >= 0.6 is 15.9 Å². The fraction of sp³-hybridized carbons (Fsp3) is 1.00. The summed E-state index contributed by atoms with van der Waals surface area (Å²) in [4.78, 5) is 0.477. The smallest absolute Gasteiger partial charge is 0.373 e. The highest BCUT2D eigenvalue weighted by Crippen LogP contribution is 2.22. The van der Waals surface area contributed by atoms with E-state index in [-0.39, 0.29) is 0 Å². The molecule has 1 unspecified atom stereocenters. The maximum absolute atomic E-state index is 6.01. The second-order valence-electron chi connectivity index (χ2n) is 4.55. The summed E-state index contributed by atoms with van der Waals surface area (Å²) in [6, 6.07) is 0.902. The molecular formula is C13H29BrO3Si. The molecule has 0 saturated heterocycles. The van der Waals surface area contributed by atoms with E-state index in [2.05, 4.69) is 43.6 Å². The lowest BCUT2D eigenvalue weighted by atomic mass is 10.4. The third-order valence-corrected chi connectivity index (χ3v) is 5.72. The van der Waals surface area contributed by atoms with Gasteiger partial charge in [0.25, 0.3) is 0 Å². The van der Waals surface area contributed by atoms with E-state index in [0.717, 1.165) is 51.5 Å². The van der Waals surface area contributed by atoms with E-state index < -0.39 is 8.80 Å². The molecule has 0 bridgehead atoms. The van der Waals surface area contributed by atoms with Gasteiger partial charge in [-0.2, -0.15) is 0 Å². The quantitative estimate of drug-likeness (QED) is 0.389. The molecule has 0 aromatic heterocycles. The second kappa shape index (κ2) is 11.4. The van der Waals surface area contributed by atoms with Crippen LogP contribution in [0.3, 0.4) is 0 Å². The van der Waals surface area contributed by atoms with Crippen LogP contribution in [0.15, 0.2) is 0 Å². The normalized spacial score (nSPS) is 13.8. The molecule has 0 aliphatic rings. The fourth-order valence-electron chi connectivity index (χ4n) is 1.49. The molecule has 0 radical (unpaired) electrons. The van der Waals surface area contributed by atoms with Crippen molar-refractivity contribution in [3.8, 4) is 0 Å². The molecule has 3 nitrogen and oxygen atoms in total. The van der Waals surface area contributed by atoms with Gasteiger partial charge in [-0.05, 0) is 25.7 Å². The van der Waals surface area contributed by atoms with Crippen LogP contribution in [-0.2, 0) is 13.3 Å². The minimum atomic E-state index is -2.45. The summed E-state index contributed by atoms with van der Waals surface area (Å²) in [6.07, 6.45) is 4.04. The van der Waals surface area contributed by atoms with Crippen molar-refractivity contribution in [2.45, 2.75) is 64.2 Å². The Bertz CT molecular complexity index is 169. The van der Waals surface area contributed by atoms with Gasteiger partial charge >= 0.3 is 8.80 Å². The molecule has 0 spiro atoms. The molecule has 0 fully saturated rings. The number of rotatable bonds is 12. The van der Waals surface area contributed by atoms with Crippen molar-refractivity contribution in [2.24, 2.45) is 0 Å². The number of alkyl halides is 1. The molecule has 0 aliphatic heterocycles. The van der Waals surface area contributed by atoms with Crippen molar-refractivity contribution >= 4 is 24.7 Å². The summed E-state index contributed by atoms with van der Waals surface area (Å²) in [5, 5.41) is 0. The molecule has 110 valence electrons. The third kappa shape index (κ3) is 8.64. The molecule has 0 aromatic carbocycles. The first-order chi connectivity index (χ1) is 8.60. The predicted octanol–water partition coefficient (Wildman–Crippen LogP) is 4.38. The maximum Gasteiger partial charge on any atom is 0.500 e. The maximum atomic E-state index is 6.01. The third-order valence-electron chi connectivity index (χ3n) is 2.43. The van der Waals surface area contributed by atoms with Gasteiger partial charge in [0, 0.05) is 30.7 Å². The highest BCUT2D eigenvalue weighted by molar-refractivity contribution is 9.09. The molecule has 1 atom stereocenters. The Hall–Kier alpha value is 0.577. The van der Waals surface area contributed by atoms with E-state index in [9.17, 15) is 0 Å². The Morgan fingerprint density at radius 1 is 0.889 bits per heavy atom. The molecule has 0 saturated carbocycles. The van der Waals surface area contributed by atoms with E-state index in [4.69, 9.17) is 13.3 Å². The zero-order valence-corrected chi connectivity index (χ0v) is 14.9. The van der Waals surface area contributed by atoms with Crippen LogP contribution in [0.25, 0.3) is 0 Å². The van der Waals surface area contributed by atoms with Gasteiger partial charge in [0.05, 0.1) is 0 Å². The van der Waals surface area contributed by atoms with Crippen LogP contribution in [0, 0.1) is 0 Å². The first kappa shape index (κ1) is 18.6. The predicted molar refractivity (Wildman–Crippen MR) is 82.3 cm³/mol. The molecular weight excluding hydrogens is 312 g/mol. The van der Waals surface area contributed by atoms with Crippen molar-refractivity contribution < 1.29 is 13.3 Å². The van der Waals surface area contributed by atoms with E-state index >= 15 is 0 Å². The van der Waals surface area contributed by atoms with Gasteiger partial charge in [0.1, 0.15) is 0 Å². The largest absolute Gasteiger partial charge is 0.500 e. The Balaban J connectivity index is 4.51. The Morgan fingerprint density at radius 2 is 1.28 bits per heavy atom. The van der Waals surface area contributed by atoms with Crippen molar-refractivity contribution in [2.75, 3.05) is 19.8 Å². The highest BCUT2D eigenvalue weighted by atomic mass is 79.9. The standard InChI is InChI=1S/C13H29BrO3Si/c1-5-9-15-18(16-10-6-2,17-11-7-3)12-8-13(4)14/h13H,5-12H2,1-4H3. The van der Waals surface area contributed by atoms with Gasteiger partial charge in [-0.15, -0.1) is 0 Å². The second-order valence-corrected chi connectivity index (χ2v) is 8.84. The van der Waals surface area contributed by atoms with E-state index in [1.54, 1.807) is 0 Å². The molecule has 0 amide bonds. The van der Waals surface area contributed by atoms with E-state index in [1.165, 1.54) is 0 Å². The van der Waals surface area contributed by atoms with Crippen molar-refractivity contribution in [1.29, 1.82) is 0 Å². The lowest BCUT2D eigenvalue weighted by Crippen LogP contribution is -2.46. The average Bonchev–Trinajstić information content (AvgIpc) is 2.37. The molecule has 0 heterocycles. The minimum absolute atomic E-state index is 0.477. The van der Waals surface area contributed by atoms with Crippen molar-refractivity contribution in [3.05, 3.63) is 0 Å². The van der Waals surface area contributed by atoms with Crippen LogP contribution in [0.1, 0.15) is 53.4 Å².